The molecule has 0 atom stereocenters. The van der Waals surface area contributed by atoms with Crippen molar-refractivity contribution >= 4 is 23.5 Å². The zero-order valence-corrected chi connectivity index (χ0v) is 15.9. The number of hydrogen-bond donors (Lipinski definition) is 2. The van der Waals surface area contributed by atoms with Crippen molar-refractivity contribution in [3.05, 3.63) is 64.7 Å². The number of anilines is 1. The van der Waals surface area contributed by atoms with Gasteiger partial charge in [0, 0.05) is 30.8 Å². The fraction of sp³-hybridized carbons (Fsp3) is 0.286. The van der Waals surface area contributed by atoms with Crippen LogP contribution in [0, 0.1) is 6.92 Å². The van der Waals surface area contributed by atoms with E-state index < -0.39 is 5.97 Å². The molecule has 0 aliphatic heterocycles. The van der Waals surface area contributed by atoms with E-state index in [1.807, 2.05) is 26.0 Å². The molecule has 0 aliphatic rings. The summed E-state index contributed by atoms with van der Waals surface area (Å²) in [4.78, 5) is 37.0. The van der Waals surface area contributed by atoms with Gasteiger partial charge in [-0.25, -0.2) is 4.79 Å². The Bertz CT molecular complexity index is 857. The van der Waals surface area contributed by atoms with Crippen LogP contribution < -0.4 is 5.32 Å². The molecule has 0 spiro atoms. The van der Waals surface area contributed by atoms with E-state index in [-0.39, 0.29) is 23.4 Å². The van der Waals surface area contributed by atoms with Crippen LogP contribution in [0.5, 0.6) is 0 Å². The number of rotatable bonds is 6. The summed E-state index contributed by atoms with van der Waals surface area (Å²) in [5, 5.41) is 11.9. The van der Waals surface area contributed by atoms with Gasteiger partial charge in [0.1, 0.15) is 0 Å². The van der Waals surface area contributed by atoms with Crippen molar-refractivity contribution in [3.8, 4) is 0 Å². The topological polar surface area (TPSA) is 86.7 Å². The molecular weight excluding hydrogens is 344 g/mol. The number of aromatic carboxylic acids is 1. The average molecular weight is 368 g/mol. The number of amides is 2. The van der Waals surface area contributed by atoms with Crippen LogP contribution in [-0.4, -0.2) is 33.8 Å². The van der Waals surface area contributed by atoms with Crippen LogP contribution in [0.25, 0.3) is 0 Å². The Morgan fingerprint density at radius 3 is 2.15 bits per heavy atom. The minimum atomic E-state index is -1.07. The number of nitrogens with zero attached hydrogens (tertiary/aromatic N) is 1. The van der Waals surface area contributed by atoms with Crippen LogP contribution in [0.1, 0.15) is 52.6 Å². The Labute approximate surface area is 158 Å². The van der Waals surface area contributed by atoms with E-state index in [0.717, 1.165) is 5.56 Å². The highest BCUT2D eigenvalue weighted by atomic mass is 16.4. The summed E-state index contributed by atoms with van der Waals surface area (Å²) in [7, 11) is 0. The molecule has 0 unspecified atom stereocenters. The SMILES string of the molecule is CC(=O)N(Cc1ccc(NC(=O)c2cc(C)cc(C(=O)O)c2)cc1)C(C)C. The van der Waals surface area contributed by atoms with Gasteiger partial charge < -0.3 is 15.3 Å². The first-order valence-corrected chi connectivity index (χ1v) is 8.70. The highest BCUT2D eigenvalue weighted by molar-refractivity contribution is 6.05. The molecule has 27 heavy (non-hydrogen) atoms. The van der Waals surface area contributed by atoms with E-state index in [1.165, 1.54) is 12.1 Å². The van der Waals surface area contributed by atoms with Gasteiger partial charge in [-0.05, 0) is 62.2 Å². The van der Waals surface area contributed by atoms with Crippen LogP contribution >= 0.6 is 0 Å². The van der Waals surface area contributed by atoms with Gasteiger partial charge >= 0.3 is 5.97 Å². The van der Waals surface area contributed by atoms with Crippen molar-refractivity contribution in [3.63, 3.8) is 0 Å². The lowest BCUT2D eigenvalue weighted by Gasteiger charge is -2.25. The fourth-order valence-electron chi connectivity index (χ4n) is 2.79. The molecule has 6 nitrogen and oxygen atoms in total. The molecule has 0 radical (unpaired) electrons. The summed E-state index contributed by atoms with van der Waals surface area (Å²) in [6.07, 6.45) is 0. The lowest BCUT2D eigenvalue weighted by molar-refractivity contribution is -0.131. The predicted octanol–water partition coefficient (Wildman–Crippen LogP) is 3.70. The molecule has 0 saturated carbocycles. The minimum Gasteiger partial charge on any atom is -0.478 e. The lowest BCUT2D eigenvalue weighted by Crippen LogP contribution is -2.34. The molecule has 2 rings (SSSR count). The Kier molecular flexibility index (Phi) is 6.34. The summed E-state index contributed by atoms with van der Waals surface area (Å²) in [6, 6.07) is 11.9. The summed E-state index contributed by atoms with van der Waals surface area (Å²) in [6.45, 7) is 7.71. The van der Waals surface area contributed by atoms with E-state index in [2.05, 4.69) is 5.32 Å². The second-order valence-electron chi connectivity index (χ2n) is 6.78. The van der Waals surface area contributed by atoms with E-state index in [0.29, 0.717) is 23.4 Å². The van der Waals surface area contributed by atoms with Gasteiger partial charge in [-0.2, -0.15) is 0 Å². The molecule has 0 bridgehead atoms. The first-order chi connectivity index (χ1) is 12.7. The molecule has 0 fully saturated rings. The van der Waals surface area contributed by atoms with Crippen LogP contribution in [-0.2, 0) is 11.3 Å². The Hall–Kier alpha value is -3.15. The average Bonchev–Trinajstić information content (AvgIpc) is 2.59. The molecule has 2 aromatic carbocycles. The summed E-state index contributed by atoms with van der Waals surface area (Å²) in [5.41, 5.74) is 2.63. The zero-order valence-electron chi connectivity index (χ0n) is 15.9. The van der Waals surface area contributed by atoms with Gasteiger partial charge in [-0.15, -0.1) is 0 Å². The zero-order chi connectivity index (χ0) is 20.1. The van der Waals surface area contributed by atoms with E-state index in [1.54, 1.807) is 36.9 Å². The van der Waals surface area contributed by atoms with E-state index in [4.69, 9.17) is 5.11 Å². The van der Waals surface area contributed by atoms with Gasteiger partial charge in [0.25, 0.3) is 5.91 Å². The van der Waals surface area contributed by atoms with Gasteiger partial charge in [0.05, 0.1) is 5.56 Å². The predicted molar refractivity (Wildman–Crippen MR) is 104 cm³/mol. The van der Waals surface area contributed by atoms with Crippen LogP contribution in [0.15, 0.2) is 42.5 Å². The molecule has 0 aliphatic carbocycles. The second kappa shape index (κ2) is 8.49. The Balaban J connectivity index is 2.11. The van der Waals surface area contributed by atoms with Crippen LogP contribution in [0.2, 0.25) is 0 Å². The Morgan fingerprint density at radius 1 is 1.04 bits per heavy atom. The largest absolute Gasteiger partial charge is 0.478 e. The van der Waals surface area contributed by atoms with Gasteiger partial charge in [0.2, 0.25) is 5.91 Å². The molecule has 2 amide bonds. The number of hydrogen-bond acceptors (Lipinski definition) is 3. The van der Waals surface area contributed by atoms with Crippen LogP contribution in [0.3, 0.4) is 0 Å². The number of carbonyl (C=O) groups is 3. The first kappa shape index (κ1) is 20.2. The maximum Gasteiger partial charge on any atom is 0.335 e. The lowest BCUT2D eigenvalue weighted by atomic mass is 10.1. The molecular formula is C21H24N2O4. The van der Waals surface area contributed by atoms with Crippen LogP contribution in [0.4, 0.5) is 5.69 Å². The van der Waals surface area contributed by atoms with Crippen molar-refractivity contribution in [2.45, 2.75) is 40.3 Å². The molecule has 142 valence electrons. The maximum absolute atomic E-state index is 12.4. The van der Waals surface area contributed by atoms with Crippen molar-refractivity contribution in [2.75, 3.05) is 5.32 Å². The molecule has 2 aromatic rings. The number of carboxylic acid groups (broad SMARTS) is 1. The third kappa shape index (κ3) is 5.41. The normalized spacial score (nSPS) is 10.6. The third-order valence-corrected chi connectivity index (χ3v) is 4.18. The van der Waals surface area contributed by atoms with Crippen molar-refractivity contribution in [1.29, 1.82) is 0 Å². The smallest absolute Gasteiger partial charge is 0.335 e. The highest BCUT2D eigenvalue weighted by Crippen LogP contribution is 2.16. The van der Waals surface area contributed by atoms with Gasteiger partial charge in [-0.3, -0.25) is 9.59 Å². The van der Waals surface area contributed by atoms with E-state index in [9.17, 15) is 14.4 Å². The molecule has 6 heteroatoms. The summed E-state index contributed by atoms with van der Waals surface area (Å²) >= 11 is 0. The number of nitrogens with one attached hydrogen (secondary N) is 1. The van der Waals surface area contributed by atoms with E-state index >= 15 is 0 Å². The first-order valence-electron chi connectivity index (χ1n) is 8.70. The number of carboxylic acids is 1. The van der Waals surface area contributed by atoms with Crippen molar-refractivity contribution in [1.82, 2.24) is 4.90 Å². The summed E-state index contributed by atoms with van der Waals surface area (Å²) in [5.74, 6) is -1.44. The number of benzene rings is 2. The minimum absolute atomic E-state index is 0.0102. The van der Waals surface area contributed by atoms with Gasteiger partial charge in [-0.1, -0.05) is 12.1 Å². The number of aryl methyl sites for hydroxylation is 1. The van der Waals surface area contributed by atoms with Crippen molar-refractivity contribution in [2.24, 2.45) is 0 Å². The second-order valence-corrected chi connectivity index (χ2v) is 6.78. The Morgan fingerprint density at radius 2 is 1.63 bits per heavy atom. The standard InChI is InChI=1S/C21H24N2O4/c1-13(2)23(15(4)24)12-16-5-7-19(8-6-16)22-20(25)17-9-14(3)10-18(11-17)21(26)27/h5-11,13H,12H2,1-4H3,(H,22,25)(H,26,27). The monoisotopic (exact) mass is 368 g/mol. The summed E-state index contributed by atoms with van der Waals surface area (Å²) < 4.78 is 0. The molecule has 0 aromatic heterocycles. The molecule has 2 N–H and O–H groups in total. The quantitative estimate of drug-likeness (QED) is 0.814. The molecule has 0 saturated heterocycles. The van der Waals surface area contributed by atoms with Crippen molar-refractivity contribution < 1.29 is 19.5 Å². The number of carbonyl (C=O) groups excluding carboxylic acids is 2. The molecule has 0 heterocycles. The van der Waals surface area contributed by atoms with Gasteiger partial charge in [0.15, 0.2) is 0 Å². The maximum atomic E-state index is 12.4. The fourth-order valence-corrected chi connectivity index (χ4v) is 2.79. The highest BCUT2D eigenvalue weighted by Gasteiger charge is 2.14. The third-order valence-electron chi connectivity index (χ3n) is 4.18.